The fraction of sp³-hybridized carbons (Fsp3) is 0.364. The highest BCUT2D eigenvalue weighted by molar-refractivity contribution is 7.87. The zero-order chi connectivity index (χ0) is 14.2. The molecular formula is C11H11ClFNO4S. The first-order valence-electron chi connectivity index (χ1n) is 5.40. The van der Waals surface area contributed by atoms with Crippen LogP contribution in [0.25, 0.3) is 0 Å². The number of halogens is 2. The lowest BCUT2D eigenvalue weighted by molar-refractivity contribution is -0.117. The molecule has 0 N–H and O–H groups in total. The molecule has 0 aromatic heterocycles. The van der Waals surface area contributed by atoms with Crippen LogP contribution in [0.2, 0.25) is 5.02 Å². The van der Waals surface area contributed by atoms with Gasteiger partial charge in [0, 0.05) is 24.1 Å². The van der Waals surface area contributed by atoms with Crippen molar-refractivity contribution in [3.05, 3.63) is 23.2 Å². The number of benzene rings is 1. The zero-order valence-corrected chi connectivity index (χ0v) is 11.5. The smallest absolute Gasteiger partial charge is 0.307 e. The summed E-state index contributed by atoms with van der Waals surface area (Å²) in [5.74, 6) is -0.135. The summed E-state index contributed by atoms with van der Waals surface area (Å²) in [6.07, 6.45) is -0.370. The second kappa shape index (κ2) is 4.97. The van der Waals surface area contributed by atoms with E-state index in [9.17, 15) is 17.1 Å². The predicted octanol–water partition coefficient (Wildman–Crippen LogP) is 1.75. The molecule has 1 aromatic carbocycles. The van der Waals surface area contributed by atoms with Crippen LogP contribution < -0.4 is 9.64 Å². The van der Waals surface area contributed by atoms with Crippen LogP contribution >= 0.6 is 11.6 Å². The summed E-state index contributed by atoms with van der Waals surface area (Å²) in [4.78, 5) is 13.0. The van der Waals surface area contributed by atoms with Crippen molar-refractivity contribution in [3.63, 3.8) is 0 Å². The Balaban J connectivity index is 2.36. The lowest BCUT2D eigenvalue weighted by atomic mass is 10.2. The molecule has 0 aliphatic carbocycles. The molecular weight excluding hydrogens is 297 g/mol. The molecule has 0 bridgehead atoms. The Kier molecular flexibility index (Phi) is 3.69. The van der Waals surface area contributed by atoms with E-state index in [1.807, 2.05) is 0 Å². The van der Waals surface area contributed by atoms with E-state index in [1.54, 1.807) is 6.07 Å². The van der Waals surface area contributed by atoms with Gasteiger partial charge in [0.05, 0.1) is 12.8 Å². The van der Waals surface area contributed by atoms with Crippen LogP contribution in [0.1, 0.15) is 6.42 Å². The molecule has 5 nitrogen and oxygen atoms in total. The lowest BCUT2D eigenvalue weighted by Gasteiger charge is -2.19. The summed E-state index contributed by atoms with van der Waals surface area (Å²) in [6.45, 7) is -0.227. The molecule has 1 saturated heterocycles. The van der Waals surface area contributed by atoms with Gasteiger partial charge in [-0.05, 0) is 12.1 Å². The maximum atomic E-state index is 12.9. The van der Waals surface area contributed by atoms with Crippen molar-refractivity contribution in [1.29, 1.82) is 0 Å². The van der Waals surface area contributed by atoms with Crippen molar-refractivity contribution in [2.45, 2.75) is 11.7 Å². The van der Waals surface area contributed by atoms with Gasteiger partial charge >= 0.3 is 10.2 Å². The number of nitrogens with zero attached hydrogens (tertiary/aromatic N) is 1. The van der Waals surface area contributed by atoms with Gasteiger partial charge in [-0.2, -0.15) is 8.42 Å². The minimum Gasteiger partial charge on any atom is -0.495 e. The number of methoxy groups -OCH3 is 1. The number of amides is 1. The third kappa shape index (κ3) is 2.82. The molecule has 1 aliphatic rings. The summed E-state index contributed by atoms with van der Waals surface area (Å²) in [7, 11) is -3.33. The molecule has 104 valence electrons. The first kappa shape index (κ1) is 14.1. The monoisotopic (exact) mass is 307 g/mol. The molecule has 8 heteroatoms. The van der Waals surface area contributed by atoms with Crippen molar-refractivity contribution in [2.24, 2.45) is 0 Å². The van der Waals surface area contributed by atoms with E-state index < -0.39 is 21.4 Å². The van der Waals surface area contributed by atoms with Crippen molar-refractivity contribution >= 4 is 33.4 Å². The van der Waals surface area contributed by atoms with Gasteiger partial charge in [-0.25, -0.2) is 0 Å². The fourth-order valence-corrected chi connectivity index (χ4v) is 2.80. The van der Waals surface area contributed by atoms with Gasteiger partial charge < -0.3 is 9.64 Å². The standard InChI is InChI=1S/C11H11ClFNO4S/c1-18-10-4-7(12)2-3-9(10)14-6-8(5-11(14)15)19(13,16)17/h2-4,8H,5-6H2,1H3. The van der Waals surface area contributed by atoms with Gasteiger partial charge in [-0.1, -0.05) is 11.6 Å². The predicted molar refractivity (Wildman–Crippen MR) is 68.8 cm³/mol. The Morgan fingerprint density at radius 2 is 2.16 bits per heavy atom. The molecule has 0 spiro atoms. The molecule has 1 amide bonds. The van der Waals surface area contributed by atoms with Crippen LogP contribution in [-0.4, -0.2) is 33.2 Å². The Morgan fingerprint density at radius 1 is 1.47 bits per heavy atom. The first-order valence-corrected chi connectivity index (χ1v) is 7.22. The van der Waals surface area contributed by atoms with E-state index in [1.165, 1.54) is 24.1 Å². The molecule has 1 aliphatic heterocycles. The Morgan fingerprint density at radius 3 is 2.68 bits per heavy atom. The quantitative estimate of drug-likeness (QED) is 0.798. The molecule has 1 fully saturated rings. The normalized spacial score (nSPS) is 19.8. The van der Waals surface area contributed by atoms with Gasteiger partial charge in [0.25, 0.3) is 0 Å². The largest absolute Gasteiger partial charge is 0.495 e. The topological polar surface area (TPSA) is 63.7 Å². The second-order valence-electron chi connectivity index (χ2n) is 4.12. The van der Waals surface area contributed by atoms with Crippen molar-refractivity contribution in [1.82, 2.24) is 0 Å². The van der Waals surface area contributed by atoms with Crippen LogP contribution in [-0.2, 0) is 15.0 Å². The van der Waals surface area contributed by atoms with Gasteiger partial charge in [0.15, 0.2) is 0 Å². The second-order valence-corrected chi connectivity index (χ2v) is 6.18. The van der Waals surface area contributed by atoms with Gasteiger partial charge in [-0.15, -0.1) is 3.89 Å². The molecule has 0 radical (unpaired) electrons. The highest BCUT2D eigenvalue weighted by Crippen LogP contribution is 2.35. The van der Waals surface area contributed by atoms with Crippen molar-refractivity contribution < 1.29 is 21.8 Å². The van der Waals surface area contributed by atoms with Gasteiger partial charge in [0.2, 0.25) is 5.91 Å². The third-order valence-electron chi connectivity index (χ3n) is 2.92. The molecule has 2 rings (SSSR count). The molecule has 0 saturated carbocycles. The van der Waals surface area contributed by atoms with Crippen LogP contribution in [0.15, 0.2) is 18.2 Å². The number of carbonyl (C=O) groups excluding carboxylic acids is 1. The van der Waals surface area contributed by atoms with E-state index >= 15 is 0 Å². The highest BCUT2D eigenvalue weighted by atomic mass is 35.5. The SMILES string of the molecule is COc1cc(Cl)ccc1N1CC(S(=O)(=O)F)CC1=O. The summed E-state index contributed by atoms with van der Waals surface area (Å²) in [6, 6.07) is 4.58. The molecule has 1 unspecified atom stereocenters. The average Bonchev–Trinajstić information content (AvgIpc) is 2.71. The van der Waals surface area contributed by atoms with Crippen molar-refractivity contribution in [3.8, 4) is 5.75 Å². The number of rotatable bonds is 3. The van der Waals surface area contributed by atoms with Crippen LogP contribution in [0, 0.1) is 0 Å². The lowest BCUT2D eigenvalue weighted by Crippen LogP contribution is -2.27. The molecule has 1 aromatic rings. The summed E-state index contributed by atoms with van der Waals surface area (Å²) >= 11 is 5.80. The highest BCUT2D eigenvalue weighted by Gasteiger charge is 2.39. The minimum atomic E-state index is -4.73. The average molecular weight is 308 g/mol. The van der Waals surface area contributed by atoms with Crippen LogP contribution in [0.4, 0.5) is 9.57 Å². The number of ether oxygens (including phenoxy) is 1. The summed E-state index contributed by atoms with van der Waals surface area (Å²) in [5, 5.41) is -0.915. The Bertz CT molecular complexity index is 619. The summed E-state index contributed by atoms with van der Waals surface area (Å²) in [5.41, 5.74) is 0.378. The first-order chi connectivity index (χ1) is 8.82. The minimum absolute atomic E-state index is 0.227. The van der Waals surface area contributed by atoms with Gasteiger partial charge in [-0.3, -0.25) is 4.79 Å². The fourth-order valence-electron chi connectivity index (χ4n) is 1.97. The number of hydrogen-bond donors (Lipinski definition) is 0. The van der Waals surface area contributed by atoms with Gasteiger partial charge in [0.1, 0.15) is 11.0 Å². The van der Waals surface area contributed by atoms with E-state index in [0.717, 1.165) is 0 Å². The summed E-state index contributed by atoms with van der Waals surface area (Å²) < 4.78 is 39.8. The van der Waals surface area contributed by atoms with Crippen molar-refractivity contribution in [2.75, 3.05) is 18.6 Å². The molecule has 1 atom stereocenters. The van der Waals surface area contributed by atoms with Crippen LogP contribution in [0.5, 0.6) is 5.75 Å². The van der Waals surface area contributed by atoms with Crippen LogP contribution in [0.3, 0.4) is 0 Å². The number of hydrogen-bond acceptors (Lipinski definition) is 4. The molecule has 19 heavy (non-hydrogen) atoms. The van der Waals surface area contributed by atoms with E-state index in [4.69, 9.17) is 16.3 Å². The molecule has 1 heterocycles. The van der Waals surface area contributed by atoms with E-state index in [-0.39, 0.29) is 13.0 Å². The maximum Gasteiger partial charge on any atom is 0.307 e. The van der Waals surface area contributed by atoms with E-state index in [0.29, 0.717) is 16.5 Å². The Labute approximate surface area is 115 Å². The third-order valence-corrected chi connectivity index (χ3v) is 4.27. The maximum absolute atomic E-state index is 12.9. The zero-order valence-electron chi connectivity index (χ0n) is 9.97. The number of carbonyl (C=O) groups is 1. The Hall–Kier alpha value is -1.34. The van der Waals surface area contributed by atoms with E-state index in [2.05, 4.69) is 0 Å². The number of anilines is 1.